The van der Waals surface area contributed by atoms with Gasteiger partial charge in [-0.05, 0) is 44.5 Å². The van der Waals surface area contributed by atoms with Crippen molar-refractivity contribution in [1.29, 1.82) is 0 Å². The average molecular weight is 347 g/mol. The van der Waals surface area contributed by atoms with E-state index in [0.717, 1.165) is 39.9 Å². The number of aromatic nitrogens is 4. The minimum absolute atomic E-state index is 0.0482. The standard InChI is InChI=1S/C20H21N5O/c1-4-11(2)22-20(26)14-6-5-13-9-17(25-16(13)10-14)15-7-8-21-19-18(15)23-12(3)24-19/h5-11,25H,4H2,1-3H3,(H,22,26)(H,21,23,24)/t11-/m0/s1. The first kappa shape index (κ1) is 16.3. The van der Waals surface area contributed by atoms with Crippen LogP contribution in [0.25, 0.3) is 33.3 Å². The minimum atomic E-state index is -0.0482. The van der Waals surface area contributed by atoms with E-state index in [1.54, 1.807) is 6.20 Å². The fourth-order valence-electron chi connectivity index (χ4n) is 3.07. The van der Waals surface area contributed by atoms with E-state index in [1.807, 2.05) is 38.1 Å². The van der Waals surface area contributed by atoms with Gasteiger partial charge in [-0.1, -0.05) is 13.0 Å². The van der Waals surface area contributed by atoms with Crippen LogP contribution in [0, 0.1) is 6.92 Å². The first-order valence-electron chi connectivity index (χ1n) is 8.80. The van der Waals surface area contributed by atoms with Crippen molar-refractivity contribution in [2.24, 2.45) is 0 Å². The number of nitrogens with zero attached hydrogens (tertiary/aromatic N) is 2. The molecule has 0 spiro atoms. The Kier molecular flexibility index (Phi) is 3.95. The molecule has 132 valence electrons. The highest BCUT2D eigenvalue weighted by atomic mass is 16.1. The molecule has 0 aliphatic rings. The van der Waals surface area contributed by atoms with Crippen LogP contribution in [-0.2, 0) is 0 Å². The Bertz CT molecular complexity index is 1110. The summed E-state index contributed by atoms with van der Waals surface area (Å²) in [5.74, 6) is 0.785. The number of hydrogen-bond donors (Lipinski definition) is 3. The number of benzene rings is 1. The van der Waals surface area contributed by atoms with Crippen molar-refractivity contribution in [3.05, 3.63) is 47.9 Å². The van der Waals surface area contributed by atoms with Crippen molar-refractivity contribution in [3.63, 3.8) is 0 Å². The first-order valence-corrected chi connectivity index (χ1v) is 8.80. The number of H-pyrrole nitrogens is 2. The Morgan fingerprint density at radius 1 is 1.23 bits per heavy atom. The van der Waals surface area contributed by atoms with Crippen molar-refractivity contribution < 1.29 is 4.79 Å². The molecular formula is C20H21N5O. The lowest BCUT2D eigenvalue weighted by Gasteiger charge is -2.11. The van der Waals surface area contributed by atoms with Crippen LogP contribution < -0.4 is 5.32 Å². The van der Waals surface area contributed by atoms with E-state index in [0.29, 0.717) is 11.2 Å². The third kappa shape index (κ3) is 2.83. The predicted octanol–water partition coefficient (Wildman–Crippen LogP) is 3.94. The number of rotatable bonds is 4. The number of hydrogen-bond acceptors (Lipinski definition) is 3. The molecule has 0 saturated heterocycles. The SMILES string of the molecule is CC[C@H](C)NC(=O)c1ccc2cc(-c3ccnc4nc(C)[nH]c34)[nH]c2c1. The molecule has 4 rings (SSSR count). The van der Waals surface area contributed by atoms with Gasteiger partial charge >= 0.3 is 0 Å². The summed E-state index contributed by atoms with van der Waals surface area (Å²) in [4.78, 5) is 27.8. The van der Waals surface area contributed by atoms with Gasteiger partial charge in [0.05, 0.1) is 5.52 Å². The second-order valence-electron chi connectivity index (χ2n) is 6.65. The van der Waals surface area contributed by atoms with Gasteiger partial charge in [0.2, 0.25) is 0 Å². The van der Waals surface area contributed by atoms with Crippen LogP contribution in [0.4, 0.5) is 0 Å². The quantitative estimate of drug-likeness (QED) is 0.522. The molecular weight excluding hydrogens is 326 g/mol. The summed E-state index contributed by atoms with van der Waals surface area (Å²) in [5.41, 5.74) is 5.17. The lowest BCUT2D eigenvalue weighted by Crippen LogP contribution is -2.31. The third-order valence-electron chi connectivity index (χ3n) is 4.68. The average Bonchev–Trinajstić information content (AvgIpc) is 3.22. The second kappa shape index (κ2) is 6.29. The van der Waals surface area contributed by atoms with Gasteiger partial charge in [0.1, 0.15) is 5.82 Å². The van der Waals surface area contributed by atoms with Crippen LogP contribution in [0.2, 0.25) is 0 Å². The highest BCUT2D eigenvalue weighted by Crippen LogP contribution is 2.29. The van der Waals surface area contributed by atoms with Crippen molar-refractivity contribution in [2.45, 2.75) is 33.2 Å². The molecule has 3 heterocycles. The second-order valence-corrected chi connectivity index (χ2v) is 6.65. The van der Waals surface area contributed by atoms with E-state index in [4.69, 9.17) is 0 Å². The van der Waals surface area contributed by atoms with E-state index >= 15 is 0 Å². The van der Waals surface area contributed by atoms with Crippen LogP contribution in [0.5, 0.6) is 0 Å². The molecule has 0 radical (unpaired) electrons. The van der Waals surface area contributed by atoms with E-state index < -0.39 is 0 Å². The van der Waals surface area contributed by atoms with Gasteiger partial charge in [0, 0.05) is 40.0 Å². The molecule has 0 bridgehead atoms. The molecule has 4 aromatic rings. The zero-order valence-electron chi connectivity index (χ0n) is 15.1. The van der Waals surface area contributed by atoms with E-state index in [1.165, 1.54) is 0 Å². The van der Waals surface area contributed by atoms with Crippen LogP contribution in [0.15, 0.2) is 36.5 Å². The summed E-state index contributed by atoms with van der Waals surface area (Å²) in [6.45, 7) is 5.97. The molecule has 0 unspecified atom stereocenters. The van der Waals surface area contributed by atoms with Gasteiger partial charge in [-0.3, -0.25) is 4.79 Å². The Hall–Kier alpha value is -3.15. The molecule has 6 nitrogen and oxygen atoms in total. The number of pyridine rings is 1. The summed E-state index contributed by atoms with van der Waals surface area (Å²) >= 11 is 0. The number of nitrogens with one attached hydrogen (secondary N) is 3. The molecule has 0 aliphatic heterocycles. The number of carbonyl (C=O) groups excluding carboxylic acids is 1. The smallest absolute Gasteiger partial charge is 0.251 e. The Labute approximate surface area is 151 Å². The lowest BCUT2D eigenvalue weighted by molar-refractivity contribution is 0.0939. The van der Waals surface area contributed by atoms with Gasteiger partial charge in [-0.2, -0.15) is 0 Å². The first-order chi connectivity index (χ1) is 12.5. The van der Waals surface area contributed by atoms with E-state index in [2.05, 4.69) is 38.2 Å². The highest BCUT2D eigenvalue weighted by molar-refractivity contribution is 6.00. The molecule has 0 saturated carbocycles. The Balaban J connectivity index is 1.75. The topological polar surface area (TPSA) is 86.5 Å². The van der Waals surface area contributed by atoms with Gasteiger partial charge in [0.25, 0.3) is 5.91 Å². The van der Waals surface area contributed by atoms with Crippen LogP contribution in [0.1, 0.15) is 36.5 Å². The molecule has 3 aromatic heterocycles. The molecule has 0 aliphatic carbocycles. The zero-order valence-corrected chi connectivity index (χ0v) is 15.1. The van der Waals surface area contributed by atoms with E-state index in [-0.39, 0.29) is 11.9 Å². The summed E-state index contributed by atoms with van der Waals surface area (Å²) < 4.78 is 0. The molecule has 0 fully saturated rings. The van der Waals surface area contributed by atoms with Gasteiger partial charge in [-0.25, -0.2) is 9.97 Å². The van der Waals surface area contributed by atoms with Gasteiger partial charge in [0.15, 0.2) is 5.65 Å². The largest absolute Gasteiger partial charge is 0.354 e. The zero-order chi connectivity index (χ0) is 18.3. The third-order valence-corrected chi connectivity index (χ3v) is 4.68. The monoisotopic (exact) mass is 347 g/mol. The summed E-state index contributed by atoms with van der Waals surface area (Å²) in [7, 11) is 0. The normalized spacial score (nSPS) is 12.6. The molecule has 1 atom stereocenters. The van der Waals surface area contributed by atoms with Crippen molar-refractivity contribution >= 4 is 28.0 Å². The maximum absolute atomic E-state index is 12.4. The Morgan fingerprint density at radius 3 is 2.88 bits per heavy atom. The number of aromatic amines is 2. The number of aryl methyl sites for hydroxylation is 1. The van der Waals surface area contributed by atoms with Crippen molar-refractivity contribution in [1.82, 2.24) is 25.3 Å². The maximum Gasteiger partial charge on any atom is 0.251 e. The van der Waals surface area contributed by atoms with Crippen LogP contribution in [-0.4, -0.2) is 31.9 Å². The van der Waals surface area contributed by atoms with Crippen LogP contribution >= 0.6 is 0 Å². The van der Waals surface area contributed by atoms with Crippen molar-refractivity contribution in [3.8, 4) is 11.3 Å². The minimum Gasteiger partial charge on any atom is -0.354 e. The fourth-order valence-corrected chi connectivity index (χ4v) is 3.07. The van der Waals surface area contributed by atoms with E-state index in [9.17, 15) is 4.79 Å². The molecule has 26 heavy (non-hydrogen) atoms. The number of imidazole rings is 1. The van der Waals surface area contributed by atoms with Gasteiger partial charge < -0.3 is 15.3 Å². The molecule has 1 aromatic carbocycles. The number of amides is 1. The maximum atomic E-state index is 12.4. The summed E-state index contributed by atoms with van der Waals surface area (Å²) in [5, 5.41) is 4.06. The van der Waals surface area contributed by atoms with Crippen LogP contribution in [0.3, 0.4) is 0 Å². The summed E-state index contributed by atoms with van der Waals surface area (Å²) in [6, 6.07) is 9.92. The van der Waals surface area contributed by atoms with Crippen molar-refractivity contribution in [2.75, 3.05) is 0 Å². The molecule has 1 amide bonds. The number of fused-ring (bicyclic) bond motifs is 2. The molecule has 3 N–H and O–H groups in total. The van der Waals surface area contributed by atoms with Gasteiger partial charge in [-0.15, -0.1) is 0 Å². The fraction of sp³-hybridized carbons (Fsp3) is 0.250. The lowest BCUT2D eigenvalue weighted by atomic mass is 10.1. The Morgan fingerprint density at radius 2 is 2.08 bits per heavy atom. The predicted molar refractivity (Wildman–Crippen MR) is 103 cm³/mol. The summed E-state index contributed by atoms with van der Waals surface area (Å²) in [6.07, 6.45) is 2.66. The number of carbonyl (C=O) groups is 1. The highest BCUT2D eigenvalue weighted by Gasteiger charge is 2.13. The molecule has 6 heteroatoms.